The highest BCUT2D eigenvalue weighted by atomic mass is 32.2. The molecule has 0 bridgehead atoms. The van der Waals surface area contributed by atoms with Gasteiger partial charge in [-0.05, 0) is 33.1 Å². The van der Waals surface area contributed by atoms with Crippen LogP contribution in [-0.2, 0) is 0 Å². The lowest BCUT2D eigenvalue weighted by Gasteiger charge is -2.44. The molecule has 1 aliphatic carbocycles. The number of hydrogen-bond acceptors (Lipinski definition) is 1. The Balaban J connectivity index is 2.12. The second kappa shape index (κ2) is 2.55. The van der Waals surface area contributed by atoms with Gasteiger partial charge in [0, 0.05) is 10.5 Å². The van der Waals surface area contributed by atoms with Crippen molar-refractivity contribution in [3.05, 3.63) is 11.1 Å². The Morgan fingerprint density at radius 1 is 1.18 bits per heavy atom. The molecule has 0 N–H and O–H groups in total. The fourth-order valence-electron chi connectivity index (χ4n) is 1.96. The molecule has 0 radical (unpaired) electrons. The maximum atomic E-state index is 2.31. The van der Waals surface area contributed by atoms with E-state index in [0.717, 1.165) is 0 Å². The molecule has 1 heteroatoms. The Morgan fingerprint density at radius 3 is 2.36 bits per heavy atom. The number of hydrogen-bond donors (Lipinski definition) is 0. The molecule has 0 aromatic carbocycles. The summed E-state index contributed by atoms with van der Waals surface area (Å²) in [6.07, 6.45) is 5.80. The van der Waals surface area contributed by atoms with Crippen LogP contribution in [0.25, 0.3) is 0 Å². The van der Waals surface area contributed by atoms with Gasteiger partial charge in [0.05, 0.1) is 0 Å². The lowest BCUT2D eigenvalue weighted by atomic mass is 9.79. The van der Waals surface area contributed by atoms with Gasteiger partial charge in [-0.25, -0.2) is 0 Å². The molecule has 2 aliphatic rings. The summed E-state index contributed by atoms with van der Waals surface area (Å²) in [7, 11) is 0. The molecule has 1 saturated carbocycles. The topological polar surface area (TPSA) is 0 Å². The van der Waals surface area contributed by atoms with Gasteiger partial charge < -0.3 is 0 Å². The zero-order valence-electron chi connectivity index (χ0n) is 7.44. The summed E-state index contributed by atoms with van der Waals surface area (Å²) in [5, 5.41) is 0. The van der Waals surface area contributed by atoms with E-state index in [4.69, 9.17) is 0 Å². The first-order chi connectivity index (χ1) is 5.22. The molecule has 1 heterocycles. The van der Waals surface area contributed by atoms with Crippen LogP contribution in [0.4, 0.5) is 0 Å². The van der Waals surface area contributed by atoms with Crippen LogP contribution in [0.5, 0.6) is 0 Å². The number of rotatable bonds is 0. The molecule has 62 valence electrons. The third kappa shape index (κ3) is 1.24. The molecule has 0 nitrogen and oxygen atoms in total. The molecule has 0 aromatic rings. The molecule has 11 heavy (non-hydrogen) atoms. The van der Waals surface area contributed by atoms with Crippen molar-refractivity contribution in [2.75, 3.05) is 5.75 Å². The molecule has 1 spiro atoms. The Morgan fingerprint density at radius 2 is 1.91 bits per heavy atom. The van der Waals surface area contributed by atoms with Crippen LogP contribution in [0.15, 0.2) is 11.1 Å². The van der Waals surface area contributed by atoms with Crippen LogP contribution in [-0.4, -0.2) is 10.5 Å². The van der Waals surface area contributed by atoms with E-state index in [2.05, 4.69) is 25.6 Å². The van der Waals surface area contributed by atoms with Crippen LogP contribution in [0, 0.1) is 0 Å². The van der Waals surface area contributed by atoms with Gasteiger partial charge in [0.15, 0.2) is 0 Å². The summed E-state index contributed by atoms with van der Waals surface area (Å²) < 4.78 is 0.712. The van der Waals surface area contributed by atoms with E-state index in [9.17, 15) is 0 Å². The van der Waals surface area contributed by atoms with Gasteiger partial charge in [0.1, 0.15) is 0 Å². The molecule has 0 atom stereocenters. The summed E-state index contributed by atoms with van der Waals surface area (Å²) in [6.45, 7) is 4.60. The Labute approximate surface area is 73.4 Å². The number of allylic oxidation sites excluding steroid dienone is 1. The van der Waals surface area contributed by atoms with Gasteiger partial charge >= 0.3 is 0 Å². The molecule has 0 amide bonds. The van der Waals surface area contributed by atoms with Crippen molar-refractivity contribution in [1.82, 2.24) is 0 Å². The molecule has 0 aromatic heterocycles. The summed E-state index contributed by atoms with van der Waals surface area (Å²) in [4.78, 5) is 0. The van der Waals surface area contributed by atoms with Crippen molar-refractivity contribution >= 4 is 11.8 Å². The van der Waals surface area contributed by atoms with Gasteiger partial charge in [-0.15, -0.1) is 0 Å². The molecular weight excluding hydrogens is 152 g/mol. The van der Waals surface area contributed by atoms with Crippen molar-refractivity contribution in [2.24, 2.45) is 0 Å². The van der Waals surface area contributed by atoms with Crippen LogP contribution < -0.4 is 0 Å². The average molecular weight is 168 g/mol. The normalized spacial score (nSPS) is 28.9. The van der Waals surface area contributed by atoms with E-state index in [-0.39, 0.29) is 0 Å². The van der Waals surface area contributed by atoms with E-state index in [1.54, 1.807) is 11.1 Å². The van der Waals surface area contributed by atoms with E-state index in [1.807, 2.05) is 0 Å². The first-order valence-electron chi connectivity index (χ1n) is 4.51. The Hall–Kier alpha value is 0.0900. The number of thioether (sulfide) groups is 1. The van der Waals surface area contributed by atoms with Gasteiger partial charge in [0.2, 0.25) is 0 Å². The Bertz CT molecular complexity index is 199. The third-order valence-corrected chi connectivity index (χ3v) is 4.92. The second-order valence-corrected chi connectivity index (χ2v) is 5.51. The maximum Gasteiger partial charge on any atom is 0.0200 e. The summed E-state index contributed by atoms with van der Waals surface area (Å²) in [5.74, 6) is 1.30. The monoisotopic (exact) mass is 168 g/mol. The second-order valence-electron chi connectivity index (χ2n) is 4.06. The SMILES string of the molecule is CC1=C(C)CC2(CCC2)SC1. The highest BCUT2D eigenvalue weighted by molar-refractivity contribution is 8.00. The van der Waals surface area contributed by atoms with Crippen molar-refractivity contribution in [2.45, 2.75) is 44.3 Å². The van der Waals surface area contributed by atoms with E-state index >= 15 is 0 Å². The van der Waals surface area contributed by atoms with Gasteiger partial charge in [-0.1, -0.05) is 17.6 Å². The zero-order valence-corrected chi connectivity index (χ0v) is 8.26. The van der Waals surface area contributed by atoms with Crippen molar-refractivity contribution in [3.63, 3.8) is 0 Å². The largest absolute Gasteiger partial charge is 0.150 e. The van der Waals surface area contributed by atoms with Crippen LogP contribution in [0.2, 0.25) is 0 Å². The fourth-order valence-corrected chi connectivity index (χ4v) is 3.63. The lowest BCUT2D eigenvalue weighted by Crippen LogP contribution is -2.36. The summed E-state index contributed by atoms with van der Waals surface area (Å²) >= 11 is 2.21. The van der Waals surface area contributed by atoms with Crippen LogP contribution in [0.1, 0.15) is 39.5 Å². The lowest BCUT2D eigenvalue weighted by molar-refractivity contribution is 0.357. The van der Waals surface area contributed by atoms with E-state index < -0.39 is 0 Å². The standard InChI is InChI=1S/C10H16S/c1-8-6-10(4-3-5-10)11-7-9(8)2/h3-7H2,1-2H3. The molecule has 0 saturated heterocycles. The molecule has 1 aliphatic heterocycles. The Kier molecular flexibility index (Phi) is 1.79. The molecule has 0 unspecified atom stereocenters. The van der Waals surface area contributed by atoms with Gasteiger partial charge in [-0.2, -0.15) is 11.8 Å². The van der Waals surface area contributed by atoms with Gasteiger partial charge in [0.25, 0.3) is 0 Å². The van der Waals surface area contributed by atoms with Crippen molar-refractivity contribution < 1.29 is 0 Å². The zero-order chi connectivity index (χ0) is 7.90. The summed E-state index contributed by atoms with van der Waals surface area (Å²) in [5.41, 5.74) is 3.30. The minimum atomic E-state index is 0.712. The minimum Gasteiger partial charge on any atom is -0.150 e. The maximum absolute atomic E-state index is 2.31. The summed E-state index contributed by atoms with van der Waals surface area (Å²) in [6, 6.07) is 0. The smallest absolute Gasteiger partial charge is 0.0200 e. The molecular formula is C10H16S. The highest BCUT2D eigenvalue weighted by Gasteiger charge is 2.39. The predicted octanol–water partition coefficient (Wildman–Crippen LogP) is 3.38. The van der Waals surface area contributed by atoms with Gasteiger partial charge in [-0.3, -0.25) is 0 Å². The average Bonchev–Trinajstić information content (AvgIpc) is 1.92. The van der Waals surface area contributed by atoms with Crippen molar-refractivity contribution in [1.29, 1.82) is 0 Å². The molecule has 1 fully saturated rings. The van der Waals surface area contributed by atoms with E-state index in [0.29, 0.717) is 4.75 Å². The first-order valence-corrected chi connectivity index (χ1v) is 5.50. The predicted molar refractivity (Wildman–Crippen MR) is 52.0 cm³/mol. The van der Waals surface area contributed by atoms with Crippen LogP contribution >= 0.6 is 11.8 Å². The highest BCUT2D eigenvalue weighted by Crippen LogP contribution is 2.51. The quantitative estimate of drug-likeness (QED) is 0.500. The van der Waals surface area contributed by atoms with Crippen molar-refractivity contribution in [3.8, 4) is 0 Å². The molecule has 2 rings (SSSR count). The third-order valence-electron chi connectivity index (χ3n) is 3.18. The first kappa shape index (κ1) is 7.72. The van der Waals surface area contributed by atoms with Crippen LogP contribution in [0.3, 0.4) is 0 Å². The minimum absolute atomic E-state index is 0.712. The fraction of sp³-hybridized carbons (Fsp3) is 0.800. The van der Waals surface area contributed by atoms with E-state index in [1.165, 1.54) is 31.4 Å².